The van der Waals surface area contributed by atoms with Gasteiger partial charge in [0, 0.05) is 22.9 Å². The minimum Gasteiger partial charge on any atom is -0.383 e. The van der Waals surface area contributed by atoms with E-state index < -0.39 is 24.7 Å². The molecule has 0 unspecified atom stereocenters. The van der Waals surface area contributed by atoms with Crippen LogP contribution in [0.15, 0.2) is 24.5 Å². The average Bonchev–Trinajstić information content (AvgIpc) is 2.98. The highest BCUT2D eigenvalue weighted by molar-refractivity contribution is 14.2. The highest BCUT2D eigenvalue weighted by Gasteiger charge is 2.30. The normalized spacial score (nSPS) is 12.2. The molecule has 3 N–H and O–H groups in total. The van der Waals surface area contributed by atoms with Crippen LogP contribution in [0.2, 0.25) is 0 Å². The van der Waals surface area contributed by atoms with Gasteiger partial charge in [0.2, 0.25) is 0 Å². The summed E-state index contributed by atoms with van der Waals surface area (Å²) in [5.74, 6) is 0.105. The van der Waals surface area contributed by atoms with Crippen LogP contribution < -0.4 is 5.73 Å². The molecule has 2 aromatic heterocycles. The lowest BCUT2D eigenvalue weighted by atomic mass is 9.99. The number of aromatic amines is 1. The van der Waals surface area contributed by atoms with Crippen LogP contribution in [0.1, 0.15) is 29.3 Å². The van der Waals surface area contributed by atoms with Gasteiger partial charge in [-0.2, -0.15) is 19.1 Å². The van der Waals surface area contributed by atoms with E-state index in [2.05, 4.69) is 19.7 Å². The molecule has 8 heteroatoms. The number of nitrogen functional groups attached to an aromatic ring is 1. The number of nitrogens with two attached hydrogens (primary N) is 1. The van der Waals surface area contributed by atoms with Crippen LogP contribution in [0.25, 0.3) is 5.57 Å². The number of hydrogen-bond donors (Lipinski definition) is 2. The highest BCUT2D eigenvalue weighted by Crippen LogP contribution is 2.40. The smallest absolute Gasteiger partial charge is 0.317 e. The molecule has 22 heavy (non-hydrogen) atoms. The topological polar surface area (TPSA) is 91.4 Å². The Bertz CT molecular complexity index is 789. The van der Waals surface area contributed by atoms with Gasteiger partial charge in [0.1, 0.15) is 11.9 Å². The second-order valence-corrected chi connectivity index (χ2v) is 6.38. The van der Waals surface area contributed by atoms with Crippen molar-refractivity contribution in [2.75, 3.05) is 5.73 Å². The first-order valence-electron chi connectivity index (χ1n) is 6.08. The third-order valence-electron chi connectivity index (χ3n) is 3.02. The number of nitrogens with one attached hydrogen (secondary N) is 1. The molecule has 2 heterocycles. The second-order valence-electron chi connectivity index (χ2n) is 4.26. The van der Waals surface area contributed by atoms with E-state index in [1.165, 1.54) is 12.3 Å². The summed E-state index contributed by atoms with van der Waals surface area (Å²) in [7, 11) is 0. The molecule has 0 amide bonds. The van der Waals surface area contributed by atoms with E-state index in [1.54, 1.807) is 13.0 Å². The number of halogens is 3. The Balaban J connectivity index is 2.63. The van der Waals surface area contributed by atoms with E-state index in [-0.39, 0.29) is 11.4 Å². The quantitative estimate of drug-likeness (QED) is 0.593. The van der Waals surface area contributed by atoms with Crippen molar-refractivity contribution in [3.05, 3.63) is 46.9 Å². The molecule has 2 aromatic rings. The molecule has 0 aliphatic heterocycles. The zero-order valence-electron chi connectivity index (χ0n) is 11.6. The van der Waals surface area contributed by atoms with E-state index in [0.29, 0.717) is 22.4 Å². The first-order valence-corrected chi connectivity index (χ1v) is 8.69. The second kappa shape index (κ2) is 6.31. The van der Waals surface area contributed by atoms with E-state index in [9.17, 15) is 8.78 Å². The standard InChI is InChI=1S/C14H12F2IN5/c1-3-10(12-8(5-18)6-21-22-12)11-4-9(7-20-13(11)19)14(15,16)17-2/h3-4,6-7H,2H2,1H3,(H2,19,20)(H,21,22)/b10-3+. The molecule has 0 aliphatic rings. The van der Waals surface area contributed by atoms with E-state index in [0.717, 1.165) is 6.20 Å². The van der Waals surface area contributed by atoms with Crippen molar-refractivity contribution >= 4 is 36.6 Å². The number of pyridine rings is 1. The summed E-state index contributed by atoms with van der Waals surface area (Å²) in [4.78, 5) is 3.86. The molecule has 0 atom stereocenters. The number of allylic oxidation sites excluding steroid dienone is 1. The van der Waals surface area contributed by atoms with Crippen molar-refractivity contribution in [1.82, 2.24) is 15.2 Å². The lowest BCUT2D eigenvalue weighted by molar-refractivity contribution is 0.127. The molecular weight excluding hydrogens is 403 g/mol. The lowest BCUT2D eigenvalue weighted by Crippen LogP contribution is -2.08. The van der Waals surface area contributed by atoms with Crippen molar-refractivity contribution in [1.29, 1.82) is 5.26 Å². The van der Waals surface area contributed by atoms with E-state index in [4.69, 9.17) is 11.0 Å². The molecule has 0 bridgehead atoms. The fourth-order valence-electron chi connectivity index (χ4n) is 1.93. The molecule has 0 saturated carbocycles. The van der Waals surface area contributed by atoms with Crippen LogP contribution in [0.5, 0.6) is 0 Å². The molecule has 0 radical (unpaired) electrons. The number of H-pyrrole nitrogens is 1. The van der Waals surface area contributed by atoms with Crippen molar-refractivity contribution < 1.29 is 8.78 Å². The zero-order chi connectivity index (χ0) is 16.3. The first kappa shape index (κ1) is 16.2. The predicted molar refractivity (Wildman–Crippen MR) is 89.7 cm³/mol. The van der Waals surface area contributed by atoms with Crippen molar-refractivity contribution in [2.24, 2.45) is 0 Å². The Morgan fingerprint density at radius 1 is 1.55 bits per heavy atom. The Hall–Kier alpha value is -2.15. The number of anilines is 1. The summed E-state index contributed by atoms with van der Waals surface area (Å²) in [5, 5.41) is 15.6. The number of alkyl halides is 3. The fourth-order valence-corrected chi connectivity index (χ4v) is 2.67. The van der Waals surface area contributed by atoms with Crippen LogP contribution in [0.4, 0.5) is 14.6 Å². The van der Waals surface area contributed by atoms with Gasteiger partial charge in [-0.15, -0.1) is 0 Å². The van der Waals surface area contributed by atoms with Gasteiger partial charge in [-0.1, -0.05) is 10.6 Å². The minimum absolute atomic E-state index is 0.105. The third kappa shape index (κ3) is 2.89. The molecule has 0 spiro atoms. The maximum atomic E-state index is 13.9. The number of aromatic nitrogens is 3. The molecule has 114 valence electrons. The fraction of sp³-hybridized carbons (Fsp3) is 0.143. The Kier molecular flexibility index (Phi) is 4.65. The molecule has 0 saturated heterocycles. The largest absolute Gasteiger partial charge is 0.383 e. The maximum Gasteiger partial charge on any atom is 0.317 e. The van der Waals surface area contributed by atoms with Crippen molar-refractivity contribution in [2.45, 2.75) is 10.9 Å². The van der Waals surface area contributed by atoms with E-state index >= 15 is 0 Å². The molecule has 0 aliphatic carbocycles. The zero-order valence-corrected chi connectivity index (χ0v) is 13.7. The van der Waals surface area contributed by atoms with Gasteiger partial charge < -0.3 is 5.73 Å². The van der Waals surface area contributed by atoms with Crippen LogP contribution in [-0.4, -0.2) is 19.7 Å². The van der Waals surface area contributed by atoms with E-state index in [1.807, 2.05) is 6.07 Å². The number of nitriles is 1. The average molecular weight is 415 g/mol. The number of rotatable bonds is 4. The van der Waals surface area contributed by atoms with Crippen LogP contribution >= 0.6 is 20.7 Å². The summed E-state index contributed by atoms with van der Waals surface area (Å²) in [6.45, 7) is 1.72. The lowest BCUT2D eigenvalue weighted by Gasteiger charge is -2.14. The molecular formula is C14H12F2IN5. The van der Waals surface area contributed by atoms with Gasteiger partial charge in [-0.3, -0.25) is 5.10 Å². The first-order chi connectivity index (χ1) is 10.4. The third-order valence-corrected chi connectivity index (χ3v) is 4.60. The molecule has 2 rings (SSSR count). The summed E-state index contributed by atoms with van der Waals surface area (Å²) in [6, 6.07) is 3.28. The molecule has 0 fully saturated rings. The van der Waals surface area contributed by atoms with Crippen LogP contribution in [-0.2, 0) is 3.93 Å². The number of hydrogen-bond acceptors (Lipinski definition) is 4. The Labute approximate surface area is 135 Å². The summed E-state index contributed by atoms with van der Waals surface area (Å²) < 4.78 is 28.1. The summed E-state index contributed by atoms with van der Waals surface area (Å²) in [5.41, 5.74) is 7.15. The molecule has 5 nitrogen and oxygen atoms in total. The monoisotopic (exact) mass is 415 g/mol. The van der Waals surface area contributed by atoms with Gasteiger partial charge in [-0.25, -0.2) is 4.98 Å². The van der Waals surface area contributed by atoms with Gasteiger partial charge in [0.15, 0.2) is 0 Å². The van der Waals surface area contributed by atoms with Gasteiger partial charge >= 0.3 is 3.93 Å². The maximum absolute atomic E-state index is 13.9. The Morgan fingerprint density at radius 2 is 2.27 bits per heavy atom. The van der Waals surface area contributed by atoms with Crippen LogP contribution in [0.3, 0.4) is 0 Å². The minimum atomic E-state index is -2.99. The van der Waals surface area contributed by atoms with Crippen molar-refractivity contribution in [3.8, 4) is 6.07 Å². The summed E-state index contributed by atoms with van der Waals surface area (Å²) >= 11 is -1.58. The van der Waals surface area contributed by atoms with Gasteiger partial charge in [0.05, 0.1) is 17.5 Å². The highest BCUT2D eigenvalue weighted by atomic mass is 127. The van der Waals surface area contributed by atoms with Gasteiger partial charge in [-0.05, 0) is 33.7 Å². The van der Waals surface area contributed by atoms with Crippen molar-refractivity contribution in [3.63, 3.8) is 0 Å². The number of nitrogens with zero attached hydrogens (tertiary/aromatic N) is 3. The summed E-state index contributed by atoms with van der Waals surface area (Å²) in [6.07, 6.45) is 4.10. The Morgan fingerprint density at radius 3 is 2.86 bits per heavy atom. The predicted octanol–water partition coefficient (Wildman–Crippen LogP) is 3.16. The van der Waals surface area contributed by atoms with Gasteiger partial charge in [0.25, 0.3) is 0 Å². The SMILES string of the molecule is C=IC(F)(F)c1cnc(N)c(/C(=C\C)c2[nH]ncc2C#N)c1. The molecule has 0 aromatic carbocycles. The van der Waals surface area contributed by atoms with Crippen LogP contribution in [0, 0.1) is 11.3 Å².